The first kappa shape index (κ1) is 15.7. The molecule has 1 unspecified atom stereocenters. The summed E-state index contributed by atoms with van der Waals surface area (Å²) in [5.41, 5.74) is 8.63. The molecule has 0 bridgehead atoms. The van der Waals surface area contributed by atoms with E-state index >= 15 is 0 Å². The van der Waals surface area contributed by atoms with Gasteiger partial charge in [-0.2, -0.15) is 0 Å². The fourth-order valence-corrected chi connectivity index (χ4v) is 4.11. The molecule has 4 heteroatoms. The molecule has 2 nitrogen and oxygen atoms in total. The zero-order chi connectivity index (χ0) is 14.7. The van der Waals surface area contributed by atoms with Crippen molar-refractivity contribution >= 4 is 27.3 Å². The van der Waals surface area contributed by atoms with Gasteiger partial charge in [-0.05, 0) is 48.5 Å². The van der Waals surface area contributed by atoms with Crippen LogP contribution in [0.4, 0.5) is 0 Å². The number of hydrogen-bond acceptors (Lipinski definition) is 3. The molecule has 2 rings (SSSR count). The van der Waals surface area contributed by atoms with Gasteiger partial charge in [-0.25, -0.2) is 0 Å². The molecule has 1 aromatic heterocycles. The van der Waals surface area contributed by atoms with Gasteiger partial charge in [0.15, 0.2) is 0 Å². The molecule has 0 spiro atoms. The van der Waals surface area contributed by atoms with Crippen LogP contribution in [0.3, 0.4) is 0 Å². The van der Waals surface area contributed by atoms with E-state index in [9.17, 15) is 0 Å². The first-order valence-electron chi connectivity index (χ1n) is 6.73. The number of halogens is 1. The summed E-state index contributed by atoms with van der Waals surface area (Å²) in [5, 5.41) is 0. The smallest absolute Gasteiger partial charge is 0.0565 e. The first-order chi connectivity index (χ1) is 9.51. The van der Waals surface area contributed by atoms with E-state index in [1.165, 1.54) is 25.4 Å². The maximum atomic E-state index is 6.00. The molecule has 0 amide bonds. The number of aryl methyl sites for hydroxylation is 2. The Labute approximate surface area is 133 Å². The summed E-state index contributed by atoms with van der Waals surface area (Å²) >= 11 is 5.41. The zero-order valence-electron chi connectivity index (χ0n) is 12.2. The number of thiophene rings is 1. The average Bonchev–Trinajstić information content (AvgIpc) is 2.70. The Balaban J connectivity index is 2.15. The predicted molar refractivity (Wildman–Crippen MR) is 91.2 cm³/mol. The minimum atomic E-state index is 0.269. The fourth-order valence-electron chi connectivity index (χ4n) is 2.37. The van der Waals surface area contributed by atoms with Crippen molar-refractivity contribution in [3.63, 3.8) is 0 Å². The number of nitrogens with zero attached hydrogens (tertiary/aromatic N) is 1. The molecule has 1 aromatic carbocycles. The lowest BCUT2D eigenvalue weighted by Gasteiger charge is -2.26. The standard InChI is InChI=1S/C16H21BrN2S/c1-11-5-4-6-13(7-11)10-19(3)15(9-18)16-8-14(17)12(2)20-16/h4-8,15H,9-10,18H2,1-3H3. The second-order valence-corrected chi connectivity index (χ2v) is 7.35. The highest BCUT2D eigenvalue weighted by atomic mass is 79.9. The molecule has 20 heavy (non-hydrogen) atoms. The molecular weight excluding hydrogens is 332 g/mol. The summed E-state index contributed by atoms with van der Waals surface area (Å²) in [4.78, 5) is 4.96. The molecule has 108 valence electrons. The van der Waals surface area contributed by atoms with E-state index in [4.69, 9.17) is 5.73 Å². The van der Waals surface area contributed by atoms with Gasteiger partial charge in [0.25, 0.3) is 0 Å². The van der Waals surface area contributed by atoms with Gasteiger partial charge >= 0.3 is 0 Å². The molecule has 0 radical (unpaired) electrons. The van der Waals surface area contributed by atoms with Gasteiger partial charge in [-0.3, -0.25) is 4.90 Å². The summed E-state index contributed by atoms with van der Waals surface area (Å²) in [6, 6.07) is 11.1. The molecule has 1 heterocycles. The number of hydrogen-bond donors (Lipinski definition) is 1. The summed E-state index contributed by atoms with van der Waals surface area (Å²) in [6.45, 7) is 5.81. The number of benzene rings is 1. The molecular formula is C16H21BrN2S. The van der Waals surface area contributed by atoms with E-state index in [-0.39, 0.29) is 6.04 Å². The summed E-state index contributed by atoms with van der Waals surface area (Å²) in [5.74, 6) is 0. The third kappa shape index (κ3) is 3.70. The van der Waals surface area contributed by atoms with Gasteiger partial charge in [0.2, 0.25) is 0 Å². The lowest BCUT2D eigenvalue weighted by molar-refractivity contribution is 0.245. The van der Waals surface area contributed by atoms with E-state index in [1.807, 2.05) is 11.3 Å². The Kier molecular flexibility index (Phi) is 5.38. The molecule has 0 saturated carbocycles. The van der Waals surface area contributed by atoms with Crippen molar-refractivity contribution < 1.29 is 0 Å². The van der Waals surface area contributed by atoms with Crippen LogP contribution in [-0.2, 0) is 6.54 Å². The fraction of sp³-hybridized carbons (Fsp3) is 0.375. The van der Waals surface area contributed by atoms with Crippen LogP contribution < -0.4 is 5.73 Å². The van der Waals surface area contributed by atoms with Crippen molar-refractivity contribution in [3.8, 4) is 0 Å². The largest absolute Gasteiger partial charge is 0.329 e. The van der Waals surface area contributed by atoms with Gasteiger partial charge < -0.3 is 5.73 Å². The third-order valence-corrected chi connectivity index (χ3v) is 5.71. The molecule has 1 atom stereocenters. The maximum absolute atomic E-state index is 6.00. The summed E-state index contributed by atoms with van der Waals surface area (Å²) < 4.78 is 1.18. The summed E-state index contributed by atoms with van der Waals surface area (Å²) in [7, 11) is 2.14. The van der Waals surface area contributed by atoms with Gasteiger partial charge in [-0.1, -0.05) is 29.8 Å². The van der Waals surface area contributed by atoms with Gasteiger partial charge in [0, 0.05) is 27.3 Å². The van der Waals surface area contributed by atoms with Crippen LogP contribution in [0.25, 0.3) is 0 Å². The Morgan fingerprint density at radius 1 is 1.30 bits per heavy atom. The Morgan fingerprint density at radius 3 is 2.60 bits per heavy atom. The predicted octanol–water partition coefficient (Wildman–Crippen LogP) is 4.26. The van der Waals surface area contributed by atoms with Crippen LogP contribution in [0.2, 0.25) is 0 Å². The van der Waals surface area contributed by atoms with E-state index in [1.54, 1.807) is 0 Å². The van der Waals surface area contributed by atoms with Crippen LogP contribution in [-0.4, -0.2) is 18.5 Å². The van der Waals surface area contributed by atoms with Gasteiger partial charge in [0.1, 0.15) is 0 Å². The normalized spacial score (nSPS) is 12.9. The van der Waals surface area contributed by atoms with Crippen LogP contribution in [0, 0.1) is 13.8 Å². The van der Waals surface area contributed by atoms with E-state index in [0.717, 1.165) is 6.54 Å². The molecule has 0 saturated heterocycles. The van der Waals surface area contributed by atoms with Crippen molar-refractivity contribution in [1.82, 2.24) is 4.90 Å². The van der Waals surface area contributed by atoms with E-state index < -0.39 is 0 Å². The molecule has 2 aromatic rings. The number of likely N-dealkylation sites (N-methyl/N-ethyl adjacent to an activating group) is 1. The third-order valence-electron chi connectivity index (χ3n) is 3.47. The minimum Gasteiger partial charge on any atom is -0.329 e. The van der Waals surface area contributed by atoms with Crippen molar-refractivity contribution in [2.45, 2.75) is 26.4 Å². The second kappa shape index (κ2) is 6.85. The number of rotatable bonds is 5. The van der Waals surface area contributed by atoms with E-state index in [2.05, 4.69) is 72.1 Å². The Bertz CT molecular complexity index is 560. The molecule has 0 fully saturated rings. The highest BCUT2D eigenvalue weighted by Gasteiger charge is 2.18. The lowest BCUT2D eigenvalue weighted by Crippen LogP contribution is -2.29. The minimum absolute atomic E-state index is 0.269. The SMILES string of the molecule is Cc1cccc(CN(C)C(CN)c2cc(Br)c(C)s2)c1. The quantitative estimate of drug-likeness (QED) is 0.870. The molecule has 0 aliphatic heterocycles. The first-order valence-corrected chi connectivity index (χ1v) is 8.34. The van der Waals surface area contributed by atoms with Gasteiger partial charge in [0.05, 0.1) is 6.04 Å². The van der Waals surface area contributed by atoms with E-state index in [0.29, 0.717) is 6.54 Å². The van der Waals surface area contributed by atoms with Crippen molar-refractivity contribution in [2.75, 3.05) is 13.6 Å². The van der Waals surface area contributed by atoms with Crippen molar-refractivity contribution in [1.29, 1.82) is 0 Å². The van der Waals surface area contributed by atoms with Crippen LogP contribution in [0.15, 0.2) is 34.8 Å². The topological polar surface area (TPSA) is 29.3 Å². The Morgan fingerprint density at radius 2 is 2.05 bits per heavy atom. The highest BCUT2D eigenvalue weighted by Crippen LogP contribution is 2.33. The Hall–Kier alpha value is -0.680. The molecule has 0 aliphatic rings. The van der Waals surface area contributed by atoms with Crippen LogP contribution in [0.1, 0.15) is 26.9 Å². The highest BCUT2D eigenvalue weighted by molar-refractivity contribution is 9.10. The lowest BCUT2D eigenvalue weighted by atomic mass is 10.1. The van der Waals surface area contributed by atoms with Crippen molar-refractivity contribution in [2.24, 2.45) is 5.73 Å². The molecule has 0 aliphatic carbocycles. The maximum Gasteiger partial charge on any atom is 0.0565 e. The number of nitrogens with two attached hydrogens (primary N) is 1. The summed E-state index contributed by atoms with van der Waals surface area (Å²) in [6.07, 6.45) is 0. The van der Waals surface area contributed by atoms with Crippen LogP contribution in [0.5, 0.6) is 0 Å². The van der Waals surface area contributed by atoms with Gasteiger partial charge in [-0.15, -0.1) is 11.3 Å². The van der Waals surface area contributed by atoms with Crippen molar-refractivity contribution in [3.05, 3.63) is 55.7 Å². The average molecular weight is 353 g/mol. The second-order valence-electron chi connectivity index (χ2n) is 5.21. The molecule has 2 N–H and O–H groups in total. The zero-order valence-corrected chi connectivity index (χ0v) is 14.6. The monoisotopic (exact) mass is 352 g/mol. The van der Waals surface area contributed by atoms with Crippen LogP contribution >= 0.6 is 27.3 Å².